The average Bonchev–Trinajstić information content (AvgIpc) is 3.15. The fourth-order valence-corrected chi connectivity index (χ4v) is 7.28. The van der Waals surface area contributed by atoms with Gasteiger partial charge >= 0.3 is 11.9 Å². The summed E-state index contributed by atoms with van der Waals surface area (Å²) < 4.78 is 11.1. The highest BCUT2D eigenvalue weighted by Gasteiger charge is 2.37. The first-order chi connectivity index (χ1) is 25.5. The van der Waals surface area contributed by atoms with E-state index in [1.165, 1.54) is 101 Å². The maximum Gasteiger partial charge on any atom is 0.320 e. The molecule has 0 atom stereocenters. The highest BCUT2D eigenvalue weighted by Crippen LogP contribution is 2.26. The quantitative estimate of drug-likeness (QED) is 0.0416. The summed E-state index contributed by atoms with van der Waals surface area (Å²) in [5.74, 6) is -1.97. The number of hydrogen-bond donors (Lipinski definition) is 0. The molecule has 0 saturated carbocycles. The van der Waals surface area contributed by atoms with Gasteiger partial charge in [0, 0.05) is 13.1 Å². The number of benzene rings is 2. The summed E-state index contributed by atoms with van der Waals surface area (Å²) in [5.41, 5.74) is 2.59. The number of rotatable bonds is 33. The fourth-order valence-electron chi connectivity index (χ4n) is 7.28. The topological polar surface area (TPSA) is 59.1 Å². The zero-order chi connectivity index (χ0) is 37.5. The third kappa shape index (κ3) is 21.1. The van der Waals surface area contributed by atoms with Gasteiger partial charge in [-0.2, -0.15) is 0 Å². The van der Waals surface area contributed by atoms with Crippen LogP contribution in [0.4, 0.5) is 0 Å². The molecule has 0 spiro atoms. The number of nitrogens with zero attached hydrogens (tertiary/aromatic N) is 2. The van der Waals surface area contributed by atoms with Gasteiger partial charge in [-0.25, -0.2) is 0 Å². The average molecular weight is 721 g/mol. The van der Waals surface area contributed by atoms with Gasteiger partial charge in [0.25, 0.3) is 0 Å². The van der Waals surface area contributed by atoms with Crippen LogP contribution in [0.25, 0.3) is 0 Å². The first kappa shape index (κ1) is 45.5. The van der Waals surface area contributed by atoms with E-state index in [0.717, 1.165) is 65.0 Å². The number of esters is 2. The molecule has 0 saturated heterocycles. The van der Waals surface area contributed by atoms with Crippen LogP contribution in [0.3, 0.4) is 0 Å². The van der Waals surface area contributed by atoms with Gasteiger partial charge in [-0.15, -0.1) is 0 Å². The lowest BCUT2D eigenvalue weighted by Gasteiger charge is -2.30. The third-order valence-electron chi connectivity index (χ3n) is 10.3. The van der Waals surface area contributed by atoms with Gasteiger partial charge in [-0.1, -0.05) is 164 Å². The summed E-state index contributed by atoms with van der Waals surface area (Å²) in [4.78, 5) is 32.1. The van der Waals surface area contributed by atoms with Crippen LogP contribution in [0, 0.1) is 11.8 Å². The molecule has 0 N–H and O–H groups in total. The Hall–Kier alpha value is -2.70. The van der Waals surface area contributed by atoms with Crippen LogP contribution in [-0.4, -0.2) is 61.1 Å². The van der Waals surface area contributed by atoms with Crippen molar-refractivity contribution in [1.29, 1.82) is 0 Å². The van der Waals surface area contributed by atoms with Crippen molar-refractivity contribution in [2.24, 2.45) is 11.8 Å². The number of hydrogen-bond acceptors (Lipinski definition) is 6. The number of ether oxygens (including phenoxy) is 2. The largest absolute Gasteiger partial charge is 0.465 e. The van der Waals surface area contributed by atoms with E-state index >= 15 is 0 Å². The van der Waals surface area contributed by atoms with Crippen molar-refractivity contribution in [1.82, 2.24) is 9.80 Å². The lowest BCUT2D eigenvalue weighted by Crippen LogP contribution is -2.39. The second kappa shape index (κ2) is 30.7. The van der Waals surface area contributed by atoms with E-state index in [-0.39, 0.29) is 19.1 Å². The molecule has 6 nitrogen and oxygen atoms in total. The van der Waals surface area contributed by atoms with E-state index in [9.17, 15) is 9.59 Å². The van der Waals surface area contributed by atoms with Crippen molar-refractivity contribution in [3.8, 4) is 0 Å². The SMILES string of the molecule is CCCCCCCCCCN(CCC(CCN(CCCCCCCCCC)Cc1ccccc1)C(C(=O)OCC)C(=O)OCC)Cc1ccccc1. The van der Waals surface area contributed by atoms with E-state index < -0.39 is 17.9 Å². The molecule has 52 heavy (non-hydrogen) atoms. The van der Waals surface area contributed by atoms with Crippen molar-refractivity contribution in [3.63, 3.8) is 0 Å². The Kier molecular flexibility index (Phi) is 26.9. The lowest BCUT2D eigenvalue weighted by molar-refractivity contribution is -0.165. The zero-order valence-corrected chi connectivity index (χ0v) is 33.8. The normalized spacial score (nSPS) is 11.6. The van der Waals surface area contributed by atoms with E-state index in [4.69, 9.17) is 9.47 Å². The van der Waals surface area contributed by atoms with Gasteiger partial charge in [0.2, 0.25) is 0 Å². The van der Waals surface area contributed by atoms with Crippen LogP contribution >= 0.6 is 0 Å². The molecule has 0 fully saturated rings. The third-order valence-corrected chi connectivity index (χ3v) is 10.3. The molecule has 2 aromatic carbocycles. The Labute approximate surface area is 319 Å². The minimum absolute atomic E-state index is 0.174. The molecule has 0 aliphatic carbocycles. The molecule has 0 heterocycles. The van der Waals surface area contributed by atoms with Crippen molar-refractivity contribution in [2.45, 2.75) is 156 Å². The van der Waals surface area contributed by atoms with Crippen molar-refractivity contribution < 1.29 is 19.1 Å². The van der Waals surface area contributed by atoms with E-state index in [1.54, 1.807) is 0 Å². The predicted octanol–water partition coefficient (Wildman–Crippen LogP) is 11.4. The molecule has 2 aromatic rings. The van der Waals surface area contributed by atoms with Gasteiger partial charge in [0.05, 0.1) is 13.2 Å². The molecule has 0 radical (unpaired) electrons. The molecule has 0 bridgehead atoms. The first-order valence-corrected chi connectivity index (χ1v) is 21.4. The smallest absolute Gasteiger partial charge is 0.320 e. The summed E-state index contributed by atoms with van der Waals surface area (Å²) in [6.45, 7) is 14.1. The van der Waals surface area contributed by atoms with Gasteiger partial charge in [-0.3, -0.25) is 19.4 Å². The lowest BCUT2D eigenvalue weighted by atomic mass is 9.86. The van der Waals surface area contributed by atoms with Gasteiger partial charge in [0.15, 0.2) is 5.92 Å². The summed E-state index contributed by atoms with van der Waals surface area (Å²) in [6, 6.07) is 21.4. The Morgan fingerprint density at radius 2 is 0.827 bits per heavy atom. The molecule has 2 rings (SSSR count). The standard InChI is InChI=1S/C46H76N2O4/c1-5-9-11-13-15-17-19-27-35-47(39-41-29-23-21-24-30-41)37-33-43(44(45(49)51-7-3)46(50)52-8-4)34-38-48(40-42-31-25-22-26-32-42)36-28-20-18-16-14-12-10-6-2/h21-26,29-32,43-44H,5-20,27-28,33-40H2,1-4H3. The molecule has 0 aromatic heterocycles. The molecule has 0 unspecified atom stereocenters. The summed E-state index contributed by atoms with van der Waals surface area (Å²) >= 11 is 0. The number of carbonyl (C=O) groups excluding carboxylic acids is 2. The van der Waals surface area contributed by atoms with Crippen LogP contribution in [0.1, 0.15) is 154 Å². The minimum atomic E-state index is -0.914. The number of carbonyl (C=O) groups is 2. The number of unbranched alkanes of at least 4 members (excludes halogenated alkanes) is 14. The molecular formula is C46H76N2O4. The zero-order valence-electron chi connectivity index (χ0n) is 33.8. The maximum absolute atomic E-state index is 13.5. The molecule has 294 valence electrons. The molecule has 0 amide bonds. The molecule has 0 aliphatic heterocycles. The van der Waals surface area contributed by atoms with Crippen LogP contribution in [0.15, 0.2) is 60.7 Å². The summed E-state index contributed by atoms with van der Waals surface area (Å²) in [5, 5.41) is 0. The Morgan fingerprint density at radius 1 is 0.481 bits per heavy atom. The monoisotopic (exact) mass is 721 g/mol. The van der Waals surface area contributed by atoms with Crippen LogP contribution in [-0.2, 0) is 32.2 Å². The molecular weight excluding hydrogens is 645 g/mol. The van der Waals surface area contributed by atoms with Crippen LogP contribution in [0.5, 0.6) is 0 Å². The van der Waals surface area contributed by atoms with Crippen LogP contribution in [0.2, 0.25) is 0 Å². The Bertz CT molecular complexity index is 1040. The van der Waals surface area contributed by atoms with Gasteiger partial charge in [-0.05, 0) is 82.8 Å². The molecule has 6 heteroatoms. The van der Waals surface area contributed by atoms with Gasteiger partial charge in [0.1, 0.15) is 0 Å². The minimum Gasteiger partial charge on any atom is -0.465 e. The Balaban J connectivity index is 2.19. The van der Waals surface area contributed by atoms with E-state index in [0.29, 0.717) is 0 Å². The second-order valence-electron chi connectivity index (χ2n) is 14.8. The van der Waals surface area contributed by atoms with Crippen molar-refractivity contribution >= 4 is 11.9 Å². The summed E-state index contributed by atoms with van der Waals surface area (Å²) in [6.07, 6.45) is 22.1. The fraction of sp³-hybridized carbons (Fsp3) is 0.696. The molecule has 0 aliphatic rings. The highest BCUT2D eigenvalue weighted by molar-refractivity contribution is 5.95. The second-order valence-corrected chi connectivity index (χ2v) is 14.8. The highest BCUT2D eigenvalue weighted by atomic mass is 16.6. The predicted molar refractivity (Wildman–Crippen MR) is 218 cm³/mol. The van der Waals surface area contributed by atoms with Crippen molar-refractivity contribution in [3.05, 3.63) is 71.8 Å². The maximum atomic E-state index is 13.5. The van der Waals surface area contributed by atoms with E-state index in [1.807, 2.05) is 13.8 Å². The Morgan fingerprint density at radius 3 is 1.17 bits per heavy atom. The first-order valence-electron chi connectivity index (χ1n) is 21.4. The summed E-state index contributed by atoms with van der Waals surface area (Å²) in [7, 11) is 0. The van der Waals surface area contributed by atoms with E-state index in [2.05, 4.69) is 84.3 Å². The van der Waals surface area contributed by atoms with Crippen LogP contribution < -0.4 is 0 Å². The van der Waals surface area contributed by atoms with Crippen molar-refractivity contribution in [2.75, 3.05) is 39.4 Å². The van der Waals surface area contributed by atoms with Gasteiger partial charge < -0.3 is 9.47 Å².